The van der Waals surface area contributed by atoms with Crippen LogP contribution in [0.4, 0.5) is 0 Å². The highest BCUT2D eigenvalue weighted by Crippen LogP contribution is 2.44. The first-order valence-corrected chi connectivity index (χ1v) is 11.9. The van der Waals surface area contributed by atoms with Crippen molar-refractivity contribution in [3.8, 4) is 11.5 Å². The van der Waals surface area contributed by atoms with Crippen LogP contribution in [-0.4, -0.2) is 33.8 Å². The molecule has 0 spiro atoms. The molecule has 3 aromatic rings. The largest absolute Gasteiger partial charge is 0.440 e. The zero-order valence-corrected chi connectivity index (χ0v) is 18.5. The van der Waals surface area contributed by atoms with E-state index in [4.69, 9.17) is 4.42 Å². The molecule has 1 aromatic heterocycles. The molecule has 1 heterocycles. The Labute approximate surface area is 193 Å². The first-order valence-electron chi connectivity index (χ1n) is 11.9. The van der Waals surface area contributed by atoms with Gasteiger partial charge in [-0.1, -0.05) is 30.3 Å². The summed E-state index contributed by atoms with van der Waals surface area (Å²) in [5.74, 6) is 1.46. The topological polar surface area (TPSA) is 75.4 Å². The van der Waals surface area contributed by atoms with E-state index in [0.29, 0.717) is 35.7 Å². The number of nitrogens with one attached hydrogen (secondary N) is 1. The summed E-state index contributed by atoms with van der Waals surface area (Å²) < 4.78 is 6.12. The third-order valence-corrected chi connectivity index (χ3v) is 6.55. The Kier molecular flexibility index (Phi) is 5.01. The van der Waals surface area contributed by atoms with Crippen LogP contribution >= 0.6 is 0 Å². The lowest BCUT2D eigenvalue weighted by molar-refractivity contribution is 0.0721. The van der Waals surface area contributed by atoms with Crippen molar-refractivity contribution in [2.24, 2.45) is 0 Å². The van der Waals surface area contributed by atoms with Gasteiger partial charge in [0.1, 0.15) is 5.76 Å². The van der Waals surface area contributed by atoms with Crippen molar-refractivity contribution in [3.05, 3.63) is 77.2 Å². The zero-order valence-electron chi connectivity index (χ0n) is 18.5. The van der Waals surface area contributed by atoms with E-state index in [1.54, 1.807) is 0 Å². The van der Waals surface area contributed by atoms with Crippen LogP contribution in [0.2, 0.25) is 0 Å². The molecular weight excluding hydrogens is 414 g/mol. The molecule has 6 heteroatoms. The average molecular weight is 442 g/mol. The summed E-state index contributed by atoms with van der Waals surface area (Å²) in [6.07, 6.45) is 6.24. The number of hydrogen-bond donors (Lipinski definition) is 1. The maximum atomic E-state index is 13.7. The lowest BCUT2D eigenvalue weighted by atomic mass is 10.1. The number of amides is 2. The van der Waals surface area contributed by atoms with Gasteiger partial charge in [0.15, 0.2) is 5.69 Å². The maximum absolute atomic E-state index is 13.7. The highest BCUT2D eigenvalue weighted by Gasteiger charge is 2.39. The minimum absolute atomic E-state index is 0.0238. The van der Waals surface area contributed by atoms with E-state index < -0.39 is 0 Å². The summed E-state index contributed by atoms with van der Waals surface area (Å²) >= 11 is 0. The Hall–Kier alpha value is -3.41. The predicted octanol–water partition coefficient (Wildman–Crippen LogP) is 4.92. The molecule has 1 N–H and O–H groups in total. The molecular formula is C27H27N3O3. The van der Waals surface area contributed by atoms with Gasteiger partial charge in [-0.2, -0.15) is 0 Å². The molecule has 2 amide bonds. The molecule has 168 valence electrons. The molecule has 0 saturated heterocycles. The van der Waals surface area contributed by atoms with Crippen molar-refractivity contribution in [2.45, 2.75) is 63.1 Å². The third kappa shape index (κ3) is 4.42. The van der Waals surface area contributed by atoms with Crippen molar-refractivity contribution in [3.63, 3.8) is 0 Å². The summed E-state index contributed by atoms with van der Waals surface area (Å²) in [6, 6.07) is 17.9. The molecule has 3 fully saturated rings. The predicted molar refractivity (Wildman–Crippen MR) is 124 cm³/mol. The normalized spacial score (nSPS) is 17.6. The SMILES string of the molecule is O=C(NC1CC1)c1ccc(CN(C(=O)c2nc(-c3ccccc3)oc2C2CC2)C2CC2)cc1. The first kappa shape index (κ1) is 20.2. The summed E-state index contributed by atoms with van der Waals surface area (Å²) in [7, 11) is 0. The second kappa shape index (κ2) is 8.18. The van der Waals surface area contributed by atoms with E-state index >= 15 is 0 Å². The lowest BCUT2D eigenvalue weighted by Crippen LogP contribution is -2.33. The van der Waals surface area contributed by atoms with Gasteiger partial charge in [0.25, 0.3) is 11.8 Å². The standard InChI is InChI=1S/C27H27N3O3/c31-25(28-21-12-13-21)19-8-6-17(7-9-19)16-30(22-14-15-22)27(32)23-24(18-10-11-18)33-26(29-23)20-4-2-1-3-5-20/h1-9,18,21-22H,10-16H2,(H,28,31). The molecule has 2 aromatic carbocycles. The number of oxazole rings is 1. The zero-order chi connectivity index (χ0) is 22.4. The molecule has 0 aliphatic heterocycles. The molecule has 0 bridgehead atoms. The molecule has 6 nitrogen and oxygen atoms in total. The molecule has 3 saturated carbocycles. The number of carbonyl (C=O) groups excluding carboxylic acids is 2. The molecule has 0 unspecified atom stereocenters. The van der Waals surface area contributed by atoms with E-state index in [-0.39, 0.29) is 17.9 Å². The average Bonchev–Trinajstić information content (AvgIpc) is 3.70. The molecule has 0 radical (unpaired) electrons. The third-order valence-electron chi connectivity index (χ3n) is 6.55. The van der Waals surface area contributed by atoms with Gasteiger partial charge in [0.2, 0.25) is 5.89 Å². The van der Waals surface area contributed by atoms with Gasteiger partial charge in [-0.25, -0.2) is 4.98 Å². The smallest absolute Gasteiger partial charge is 0.276 e. The fourth-order valence-electron chi connectivity index (χ4n) is 4.16. The van der Waals surface area contributed by atoms with Crippen molar-refractivity contribution in [2.75, 3.05) is 0 Å². The number of rotatable bonds is 8. The quantitative estimate of drug-likeness (QED) is 0.539. The Morgan fingerprint density at radius 2 is 1.67 bits per heavy atom. The van der Waals surface area contributed by atoms with Gasteiger partial charge in [-0.05, 0) is 68.4 Å². The Balaban J connectivity index is 1.23. The number of carbonyl (C=O) groups is 2. The summed E-state index contributed by atoms with van der Waals surface area (Å²) in [5.41, 5.74) is 3.02. The van der Waals surface area contributed by atoms with Crippen LogP contribution < -0.4 is 5.32 Å². The van der Waals surface area contributed by atoms with Gasteiger partial charge < -0.3 is 14.6 Å². The van der Waals surface area contributed by atoms with E-state index in [1.807, 2.05) is 59.5 Å². The first-order chi connectivity index (χ1) is 16.2. The molecule has 0 atom stereocenters. The monoisotopic (exact) mass is 441 g/mol. The van der Waals surface area contributed by atoms with Crippen LogP contribution in [0.1, 0.15) is 76.6 Å². The van der Waals surface area contributed by atoms with Gasteiger partial charge in [-0.15, -0.1) is 0 Å². The molecule has 33 heavy (non-hydrogen) atoms. The van der Waals surface area contributed by atoms with Gasteiger partial charge in [-0.3, -0.25) is 9.59 Å². The van der Waals surface area contributed by atoms with Crippen molar-refractivity contribution in [1.82, 2.24) is 15.2 Å². The van der Waals surface area contributed by atoms with Crippen LogP contribution in [-0.2, 0) is 6.54 Å². The second-order valence-corrected chi connectivity index (χ2v) is 9.48. The van der Waals surface area contributed by atoms with E-state index in [1.165, 1.54) is 0 Å². The Morgan fingerprint density at radius 3 is 2.30 bits per heavy atom. The Morgan fingerprint density at radius 1 is 0.939 bits per heavy atom. The van der Waals surface area contributed by atoms with E-state index in [2.05, 4.69) is 10.3 Å². The fourth-order valence-corrected chi connectivity index (χ4v) is 4.16. The Bertz CT molecular complexity index is 1170. The number of benzene rings is 2. The van der Waals surface area contributed by atoms with Crippen LogP contribution in [0, 0.1) is 0 Å². The summed E-state index contributed by atoms with van der Waals surface area (Å²) in [6.45, 7) is 0.506. The lowest BCUT2D eigenvalue weighted by Gasteiger charge is -2.22. The van der Waals surface area contributed by atoms with Crippen LogP contribution in [0.25, 0.3) is 11.5 Å². The van der Waals surface area contributed by atoms with E-state index in [9.17, 15) is 9.59 Å². The van der Waals surface area contributed by atoms with Gasteiger partial charge >= 0.3 is 0 Å². The number of nitrogens with zero attached hydrogens (tertiary/aromatic N) is 2. The van der Waals surface area contributed by atoms with Crippen LogP contribution in [0.3, 0.4) is 0 Å². The number of aromatic nitrogens is 1. The minimum atomic E-state index is -0.0547. The van der Waals surface area contributed by atoms with Crippen molar-refractivity contribution < 1.29 is 14.0 Å². The highest BCUT2D eigenvalue weighted by atomic mass is 16.4. The van der Waals surface area contributed by atoms with Gasteiger partial charge in [0, 0.05) is 35.7 Å². The second-order valence-electron chi connectivity index (χ2n) is 9.48. The maximum Gasteiger partial charge on any atom is 0.276 e. The van der Waals surface area contributed by atoms with Gasteiger partial charge in [0.05, 0.1) is 0 Å². The molecule has 3 aliphatic rings. The van der Waals surface area contributed by atoms with Crippen LogP contribution in [0.15, 0.2) is 59.0 Å². The minimum Gasteiger partial charge on any atom is -0.440 e. The molecule has 6 rings (SSSR count). The van der Waals surface area contributed by atoms with E-state index in [0.717, 1.165) is 55.4 Å². The van der Waals surface area contributed by atoms with Crippen molar-refractivity contribution in [1.29, 1.82) is 0 Å². The van der Waals surface area contributed by atoms with Crippen LogP contribution in [0.5, 0.6) is 0 Å². The number of hydrogen-bond acceptors (Lipinski definition) is 4. The highest BCUT2D eigenvalue weighted by molar-refractivity contribution is 5.95. The summed E-state index contributed by atoms with van der Waals surface area (Å²) in [5, 5.41) is 3.01. The van der Waals surface area contributed by atoms with Crippen molar-refractivity contribution >= 4 is 11.8 Å². The molecule has 3 aliphatic carbocycles. The summed E-state index contributed by atoms with van der Waals surface area (Å²) in [4.78, 5) is 32.5. The fraction of sp³-hybridized carbons (Fsp3) is 0.370.